The minimum absolute atomic E-state index is 0.0648. The Morgan fingerprint density at radius 3 is 1.69 bits per heavy atom. The Balaban J connectivity index is 0.922. The predicted octanol–water partition coefficient (Wildman–Crippen LogP) is 7.81. The van der Waals surface area contributed by atoms with Crippen LogP contribution >= 0.6 is 0 Å². The van der Waals surface area contributed by atoms with Gasteiger partial charge < -0.3 is 24.0 Å². The summed E-state index contributed by atoms with van der Waals surface area (Å²) in [5.74, 6) is 2.03. The number of esters is 2. The Morgan fingerprint density at radius 2 is 1.15 bits per heavy atom. The first-order valence-electron chi connectivity index (χ1n) is 21.3. The fourth-order valence-corrected chi connectivity index (χ4v) is 8.47. The van der Waals surface area contributed by atoms with Crippen molar-refractivity contribution in [2.45, 2.75) is 103 Å². The Labute approximate surface area is 342 Å². The van der Waals surface area contributed by atoms with Crippen molar-refractivity contribution in [2.75, 3.05) is 36.0 Å². The van der Waals surface area contributed by atoms with Crippen molar-refractivity contribution in [1.29, 1.82) is 0 Å². The molecule has 2 saturated carbocycles. The minimum atomic E-state index is -0.868. The highest BCUT2D eigenvalue weighted by Crippen LogP contribution is 2.34. The fraction of sp³-hybridized carbons (Fsp3) is 0.455. The molecule has 1 aliphatic heterocycles. The molecule has 0 radical (unpaired) electrons. The third-order valence-corrected chi connectivity index (χ3v) is 11.7. The highest BCUT2D eigenvalue weighted by Gasteiger charge is 2.24. The number of carbonyl (C=O) groups excluding carboxylic acids is 2. The topological polar surface area (TPSA) is 156 Å². The second-order valence-electron chi connectivity index (χ2n) is 15.7. The molecule has 15 heteroatoms. The van der Waals surface area contributed by atoms with Gasteiger partial charge in [0.15, 0.2) is 0 Å². The molecule has 0 unspecified atom stereocenters. The maximum Gasteiger partial charge on any atom is 0.349 e. The third-order valence-electron chi connectivity index (χ3n) is 11.7. The van der Waals surface area contributed by atoms with Crippen LogP contribution in [-0.4, -0.2) is 89.8 Å². The lowest BCUT2D eigenvalue weighted by Gasteiger charge is -2.24. The highest BCUT2D eigenvalue weighted by atomic mass is 16.6. The summed E-state index contributed by atoms with van der Waals surface area (Å²) < 4.78 is 20.9. The summed E-state index contributed by atoms with van der Waals surface area (Å²) in [7, 11) is 0. The first-order chi connectivity index (χ1) is 28.9. The van der Waals surface area contributed by atoms with Crippen molar-refractivity contribution in [2.24, 2.45) is 0 Å². The molecule has 59 heavy (non-hydrogen) atoms. The van der Waals surface area contributed by atoms with E-state index in [-0.39, 0.29) is 29.3 Å². The molecule has 0 spiro atoms. The maximum absolute atomic E-state index is 13.3. The van der Waals surface area contributed by atoms with Crippen LogP contribution in [0.2, 0.25) is 0 Å². The Morgan fingerprint density at radius 1 is 0.644 bits per heavy atom. The molecule has 6 aromatic rings. The number of anilines is 2. The molecule has 0 amide bonds. The number of nitrogens with zero attached hydrogens (tertiary/aromatic N) is 10. The van der Waals surface area contributed by atoms with Crippen LogP contribution in [0.1, 0.15) is 112 Å². The van der Waals surface area contributed by atoms with E-state index >= 15 is 0 Å². The quantitative estimate of drug-likeness (QED) is 0.0874. The second-order valence-corrected chi connectivity index (χ2v) is 15.7. The molecule has 0 atom stereocenters. The molecule has 9 rings (SSSR count). The lowest BCUT2D eigenvalue weighted by molar-refractivity contribution is 0.0397. The van der Waals surface area contributed by atoms with Gasteiger partial charge in [-0.2, -0.15) is 20.2 Å². The minimum Gasteiger partial charge on any atom is -0.490 e. The predicted molar refractivity (Wildman–Crippen MR) is 223 cm³/mol. The van der Waals surface area contributed by atoms with E-state index in [1.807, 2.05) is 36.4 Å². The van der Waals surface area contributed by atoms with Gasteiger partial charge in [-0.25, -0.2) is 28.9 Å². The normalized spacial score (nSPS) is 16.5. The van der Waals surface area contributed by atoms with Gasteiger partial charge in [-0.15, -0.1) is 0 Å². The molecular weight excluding hydrogens is 749 g/mol. The van der Waals surface area contributed by atoms with Crippen LogP contribution < -0.4 is 19.3 Å². The largest absolute Gasteiger partial charge is 0.490 e. The van der Waals surface area contributed by atoms with E-state index in [0.29, 0.717) is 5.95 Å². The molecule has 2 aliphatic carbocycles. The van der Waals surface area contributed by atoms with E-state index < -0.39 is 11.9 Å². The van der Waals surface area contributed by atoms with E-state index in [2.05, 4.69) is 33.8 Å². The molecule has 3 fully saturated rings. The van der Waals surface area contributed by atoms with Gasteiger partial charge in [0, 0.05) is 49.3 Å². The van der Waals surface area contributed by atoms with Crippen LogP contribution in [0.4, 0.5) is 11.6 Å². The van der Waals surface area contributed by atoms with Gasteiger partial charge in [0.05, 0.1) is 46.8 Å². The highest BCUT2D eigenvalue weighted by molar-refractivity contribution is 6.02. The van der Waals surface area contributed by atoms with Gasteiger partial charge in [-0.3, -0.25) is 0 Å². The first-order valence-corrected chi connectivity index (χ1v) is 21.3. The van der Waals surface area contributed by atoms with Gasteiger partial charge in [-0.1, -0.05) is 12.8 Å². The molecule has 3 aliphatic rings. The van der Waals surface area contributed by atoms with Crippen LogP contribution in [0.15, 0.2) is 61.2 Å². The molecule has 0 bridgehead atoms. The van der Waals surface area contributed by atoms with Crippen LogP contribution in [0.3, 0.4) is 0 Å². The van der Waals surface area contributed by atoms with E-state index in [0.717, 1.165) is 110 Å². The van der Waals surface area contributed by atoms with Crippen molar-refractivity contribution in [3.63, 3.8) is 0 Å². The molecule has 2 aromatic carbocycles. The summed E-state index contributed by atoms with van der Waals surface area (Å²) >= 11 is 0. The number of benzene rings is 2. The molecule has 5 heterocycles. The first kappa shape index (κ1) is 38.4. The lowest BCUT2D eigenvalue weighted by atomic mass is 9.98. The number of fused-ring (bicyclic) bond motifs is 2. The molecule has 0 N–H and O–H groups in total. The van der Waals surface area contributed by atoms with Crippen molar-refractivity contribution in [3.05, 3.63) is 72.3 Å². The van der Waals surface area contributed by atoms with Crippen molar-refractivity contribution < 1.29 is 23.8 Å². The summed E-state index contributed by atoms with van der Waals surface area (Å²) in [5, 5.41) is 10.5. The average molecular weight is 799 g/mol. The van der Waals surface area contributed by atoms with Crippen LogP contribution in [0.25, 0.3) is 33.7 Å². The van der Waals surface area contributed by atoms with Crippen molar-refractivity contribution >= 4 is 45.4 Å². The van der Waals surface area contributed by atoms with E-state index in [4.69, 9.17) is 34.1 Å². The number of carbonyl (C=O) groups is 2. The maximum atomic E-state index is 13.3. The monoisotopic (exact) mass is 798 g/mol. The molecular formula is C44H50N10O5. The lowest BCUT2D eigenvalue weighted by Crippen LogP contribution is -2.24. The molecule has 306 valence electrons. The van der Waals surface area contributed by atoms with Crippen LogP contribution in [-0.2, 0) is 4.74 Å². The summed E-state index contributed by atoms with van der Waals surface area (Å²) in [6, 6.07) is 11.8. The smallest absolute Gasteiger partial charge is 0.349 e. The Kier molecular flexibility index (Phi) is 11.1. The standard InChI is InChI=1S/C44H50N10O5/c1-3-51(4-2)39-35-23-33(57-31-13-7-5-8-14-31)17-19-37(35)47-43(49-39)53-27-29(25-45-53)41(55)59-42(56)30-26-46-54(28-30)44-48-38-20-18-34(58-32-15-9-6-10-16-32)24-36(38)40(50-44)52-21-11-12-22-52/h17-20,23-28,31-32H,3-16,21-22H2,1-2H3. The number of ether oxygens (including phenoxy) is 3. The van der Waals surface area contributed by atoms with Crippen molar-refractivity contribution in [1.82, 2.24) is 39.5 Å². The Bertz CT molecular complexity index is 2300. The van der Waals surface area contributed by atoms with Gasteiger partial charge in [0.25, 0.3) is 11.9 Å². The van der Waals surface area contributed by atoms with Crippen LogP contribution in [0, 0.1) is 0 Å². The second kappa shape index (κ2) is 17.0. The summed E-state index contributed by atoms with van der Waals surface area (Å²) in [4.78, 5) is 50.4. The third kappa shape index (κ3) is 8.28. The zero-order valence-corrected chi connectivity index (χ0v) is 33.8. The average Bonchev–Trinajstić information content (AvgIpc) is 4.08. The van der Waals surface area contributed by atoms with Gasteiger partial charge in [-0.05, 0) is 114 Å². The van der Waals surface area contributed by atoms with Gasteiger partial charge >= 0.3 is 11.9 Å². The number of hydrogen-bond donors (Lipinski definition) is 0. The zero-order chi connectivity index (χ0) is 40.3. The Hall–Kier alpha value is -6.12. The fourth-order valence-electron chi connectivity index (χ4n) is 8.47. The SMILES string of the molecule is CCN(CC)c1nc(-n2cc(C(=O)OC(=O)c3cnn(-c4nc(N5CCCC5)c5cc(OC6CCCCC6)ccc5n4)c3)cn2)nc2ccc(OC3CCCCC3)cc12. The van der Waals surface area contributed by atoms with E-state index in [1.165, 1.54) is 72.7 Å². The molecule has 1 saturated heterocycles. The summed E-state index contributed by atoms with van der Waals surface area (Å²) in [6.07, 6.45) is 19.8. The molecule has 4 aromatic heterocycles. The van der Waals surface area contributed by atoms with Gasteiger partial charge in [0.2, 0.25) is 0 Å². The van der Waals surface area contributed by atoms with Gasteiger partial charge in [0.1, 0.15) is 23.1 Å². The van der Waals surface area contributed by atoms with E-state index in [9.17, 15) is 9.59 Å². The number of hydrogen-bond acceptors (Lipinski definition) is 13. The number of aromatic nitrogens is 8. The van der Waals surface area contributed by atoms with Crippen LogP contribution in [0.5, 0.6) is 11.5 Å². The number of rotatable bonds is 12. The summed E-state index contributed by atoms with van der Waals surface area (Å²) in [5.41, 5.74) is 1.60. The zero-order valence-electron chi connectivity index (χ0n) is 33.8. The summed E-state index contributed by atoms with van der Waals surface area (Å²) in [6.45, 7) is 7.38. The molecule has 15 nitrogen and oxygen atoms in total. The van der Waals surface area contributed by atoms with E-state index in [1.54, 1.807) is 0 Å². The van der Waals surface area contributed by atoms with Crippen molar-refractivity contribution in [3.8, 4) is 23.4 Å².